The average molecular weight is 375 g/mol. The number of rotatable bonds is 2. The van der Waals surface area contributed by atoms with E-state index in [-0.39, 0.29) is 35.1 Å². The van der Waals surface area contributed by atoms with E-state index in [1.165, 1.54) is 0 Å². The van der Waals surface area contributed by atoms with Crippen LogP contribution in [-0.4, -0.2) is 88.5 Å². The van der Waals surface area contributed by atoms with E-state index >= 15 is 0 Å². The van der Waals surface area contributed by atoms with Crippen LogP contribution in [0.4, 0.5) is 0 Å². The van der Waals surface area contributed by atoms with Crippen LogP contribution in [0.3, 0.4) is 0 Å². The maximum Gasteiger partial charge on any atom is 0.246 e. The van der Waals surface area contributed by atoms with E-state index in [0.717, 1.165) is 57.9 Å². The topological polar surface area (TPSA) is 55.9 Å². The van der Waals surface area contributed by atoms with Crippen molar-refractivity contribution < 1.29 is 9.59 Å². The first-order chi connectivity index (χ1) is 11.1. The Kier molecular flexibility index (Phi) is 5.35. The zero-order chi connectivity index (χ0) is 16.0. The minimum atomic E-state index is -0.234. The lowest BCUT2D eigenvalue weighted by atomic mass is 10.2. The molecule has 2 amide bonds. The molecule has 8 heteroatoms. The number of fused-ring (bicyclic) bond motifs is 1. The summed E-state index contributed by atoms with van der Waals surface area (Å²) in [6.45, 7) is 8.04. The third-order valence-electron chi connectivity index (χ3n) is 5.87. The minimum Gasteiger partial charge on any atom is -0.339 e. The van der Waals surface area contributed by atoms with Gasteiger partial charge in [0.05, 0.1) is 4.87 Å². The predicted octanol–water partition coefficient (Wildman–Crippen LogP) is 0.368. The number of carbonyl (C=O) groups excluding carboxylic acids is 2. The third kappa shape index (κ3) is 3.04. The molecule has 0 bridgehead atoms. The molecule has 24 heavy (non-hydrogen) atoms. The average Bonchev–Trinajstić information content (AvgIpc) is 3.24. The smallest absolute Gasteiger partial charge is 0.246 e. The van der Waals surface area contributed by atoms with Gasteiger partial charge in [-0.2, -0.15) is 0 Å². The van der Waals surface area contributed by atoms with Gasteiger partial charge >= 0.3 is 0 Å². The maximum absolute atomic E-state index is 13.0. The summed E-state index contributed by atoms with van der Waals surface area (Å²) in [4.78, 5) is 31.5. The number of nitrogens with zero attached hydrogens (tertiary/aromatic N) is 3. The number of amides is 2. The van der Waals surface area contributed by atoms with E-state index in [2.05, 4.69) is 17.1 Å². The molecule has 4 fully saturated rings. The number of piperazine rings is 1. The molecule has 1 N–H and O–H groups in total. The first-order valence-corrected chi connectivity index (χ1v) is 9.77. The molecule has 136 valence electrons. The van der Waals surface area contributed by atoms with Gasteiger partial charge in [-0.15, -0.1) is 24.2 Å². The first-order valence-electron chi connectivity index (χ1n) is 8.78. The van der Waals surface area contributed by atoms with E-state index in [4.69, 9.17) is 0 Å². The van der Waals surface area contributed by atoms with Crippen molar-refractivity contribution in [1.29, 1.82) is 0 Å². The van der Waals surface area contributed by atoms with Crippen molar-refractivity contribution in [3.05, 3.63) is 0 Å². The van der Waals surface area contributed by atoms with Crippen molar-refractivity contribution in [2.45, 2.75) is 43.1 Å². The number of hydrogen-bond acceptors (Lipinski definition) is 5. The van der Waals surface area contributed by atoms with Gasteiger partial charge in [-0.25, -0.2) is 0 Å². The van der Waals surface area contributed by atoms with Crippen molar-refractivity contribution in [3.8, 4) is 0 Å². The van der Waals surface area contributed by atoms with E-state index < -0.39 is 0 Å². The molecular formula is C16H27ClN4O2S. The van der Waals surface area contributed by atoms with Crippen molar-refractivity contribution in [3.63, 3.8) is 0 Å². The molecule has 4 rings (SSSR count). The Balaban J connectivity index is 0.00000169. The van der Waals surface area contributed by atoms with Gasteiger partial charge < -0.3 is 15.1 Å². The molecule has 0 radical (unpaired) electrons. The summed E-state index contributed by atoms with van der Waals surface area (Å²) in [7, 11) is 0. The molecule has 4 aliphatic rings. The molecule has 0 saturated carbocycles. The van der Waals surface area contributed by atoms with Crippen LogP contribution in [0.2, 0.25) is 0 Å². The largest absolute Gasteiger partial charge is 0.339 e. The summed E-state index contributed by atoms with van der Waals surface area (Å²) < 4.78 is 0. The fraction of sp³-hybridized carbons (Fsp3) is 0.875. The second-order valence-electron chi connectivity index (χ2n) is 7.28. The van der Waals surface area contributed by atoms with Crippen LogP contribution in [0.5, 0.6) is 0 Å². The number of likely N-dealkylation sites (tertiary alicyclic amines) is 1. The summed E-state index contributed by atoms with van der Waals surface area (Å²) in [5.74, 6) is 1.10. The van der Waals surface area contributed by atoms with Crippen molar-refractivity contribution in [2.75, 3.05) is 45.0 Å². The number of halogens is 1. The molecule has 0 aromatic rings. The SMILES string of the molecule is CC12CCC(=O)N1C(C(=O)N1CCC(N3CCNCC3)C1)CS2.Cl. The summed E-state index contributed by atoms with van der Waals surface area (Å²) >= 11 is 1.78. The van der Waals surface area contributed by atoms with Crippen molar-refractivity contribution >= 4 is 36.0 Å². The maximum atomic E-state index is 13.0. The van der Waals surface area contributed by atoms with E-state index in [0.29, 0.717) is 12.5 Å². The fourth-order valence-electron chi connectivity index (χ4n) is 4.50. The van der Waals surface area contributed by atoms with Gasteiger partial charge in [0.2, 0.25) is 11.8 Å². The Morgan fingerprint density at radius 3 is 2.79 bits per heavy atom. The quantitative estimate of drug-likeness (QED) is 0.756. The number of thioether (sulfide) groups is 1. The number of nitrogens with one attached hydrogen (secondary N) is 1. The van der Waals surface area contributed by atoms with Gasteiger partial charge in [-0.1, -0.05) is 0 Å². The highest BCUT2D eigenvalue weighted by Gasteiger charge is 2.54. The zero-order valence-electron chi connectivity index (χ0n) is 14.2. The molecule has 0 aromatic carbocycles. The van der Waals surface area contributed by atoms with Crippen LogP contribution in [0.1, 0.15) is 26.2 Å². The van der Waals surface area contributed by atoms with Crippen molar-refractivity contribution in [2.24, 2.45) is 0 Å². The second-order valence-corrected chi connectivity index (χ2v) is 8.78. The van der Waals surface area contributed by atoms with Crippen LogP contribution in [0.25, 0.3) is 0 Å². The highest BCUT2D eigenvalue weighted by Crippen LogP contribution is 2.47. The Hall–Kier alpha value is -0.500. The van der Waals surface area contributed by atoms with Gasteiger partial charge in [0, 0.05) is 57.5 Å². The summed E-state index contributed by atoms with van der Waals surface area (Å²) in [5, 5.41) is 3.38. The van der Waals surface area contributed by atoms with Crippen molar-refractivity contribution in [1.82, 2.24) is 20.0 Å². The lowest BCUT2D eigenvalue weighted by Crippen LogP contribution is -2.52. The monoisotopic (exact) mass is 374 g/mol. The minimum absolute atomic E-state index is 0. The standard InChI is InChI=1S/C16H26N4O2S.ClH/c1-16-4-2-14(21)20(16)13(11-23-16)15(22)19-7-3-12(10-19)18-8-5-17-6-9-18;/h12-13,17H,2-11H2,1H3;1H. The lowest BCUT2D eigenvalue weighted by Gasteiger charge is -2.34. The molecule has 4 heterocycles. The molecule has 4 aliphatic heterocycles. The fourth-order valence-corrected chi connectivity index (χ4v) is 5.92. The van der Waals surface area contributed by atoms with Crippen LogP contribution < -0.4 is 5.32 Å². The van der Waals surface area contributed by atoms with Crippen LogP contribution in [0.15, 0.2) is 0 Å². The van der Waals surface area contributed by atoms with Crippen LogP contribution >= 0.6 is 24.2 Å². The first kappa shape index (κ1) is 18.3. The number of hydrogen-bond donors (Lipinski definition) is 1. The Morgan fingerprint density at radius 2 is 2.04 bits per heavy atom. The van der Waals surface area contributed by atoms with Crippen LogP contribution in [-0.2, 0) is 9.59 Å². The molecule has 3 atom stereocenters. The molecule has 0 spiro atoms. The van der Waals surface area contributed by atoms with Gasteiger partial charge in [-0.3, -0.25) is 14.5 Å². The Bertz CT molecular complexity index is 516. The highest BCUT2D eigenvalue weighted by molar-refractivity contribution is 8.01. The van der Waals surface area contributed by atoms with E-state index in [1.54, 1.807) is 11.8 Å². The normalized spacial score (nSPS) is 36.8. The molecule has 4 saturated heterocycles. The predicted molar refractivity (Wildman–Crippen MR) is 97.4 cm³/mol. The lowest BCUT2D eigenvalue weighted by molar-refractivity contribution is -0.143. The molecule has 0 aromatic heterocycles. The zero-order valence-corrected chi connectivity index (χ0v) is 15.8. The molecule has 0 aliphatic carbocycles. The summed E-state index contributed by atoms with van der Waals surface area (Å²) in [6.07, 6.45) is 2.54. The van der Waals surface area contributed by atoms with Gasteiger partial charge in [0.25, 0.3) is 0 Å². The molecule has 6 nitrogen and oxygen atoms in total. The Morgan fingerprint density at radius 1 is 1.29 bits per heavy atom. The summed E-state index contributed by atoms with van der Waals surface area (Å²) in [6, 6.07) is 0.262. The van der Waals surface area contributed by atoms with Gasteiger partial charge in [-0.05, 0) is 19.8 Å². The van der Waals surface area contributed by atoms with Gasteiger partial charge in [0.1, 0.15) is 6.04 Å². The summed E-state index contributed by atoms with van der Waals surface area (Å²) in [5.41, 5.74) is 0. The van der Waals surface area contributed by atoms with Crippen LogP contribution in [0, 0.1) is 0 Å². The van der Waals surface area contributed by atoms with E-state index in [1.807, 2.05) is 9.80 Å². The Labute approximate surface area is 154 Å². The number of carbonyl (C=O) groups is 2. The molecular weight excluding hydrogens is 348 g/mol. The van der Waals surface area contributed by atoms with Gasteiger partial charge in [0.15, 0.2) is 0 Å². The molecule has 3 unspecified atom stereocenters. The third-order valence-corrected chi connectivity index (χ3v) is 7.38. The van der Waals surface area contributed by atoms with E-state index in [9.17, 15) is 9.59 Å². The second kappa shape index (κ2) is 7.02. The highest BCUT2D eigenvalue weighted by atomic mass is 35.5.